The Bertz CT molecular complexity index is 453. The number of nitrogens with zero attached hydrogens (tertiary/aromatic N) is 3. The largest absolute Gasteiger partial charge is 0.396 e. The van der Waals surface area contributed by atoms with Gasteiger partial charge in [-0.2, -0.15) is 4.98 Å². The Morgan fingerprint density at radius 3 is 2.60 bits per heavy atom. The first kappa shape index (κ1) is 16.1. The molecule has 0 bridgehead atoms. The standard InChI is InChI=1S/C12H21N5O3/c1-3-6-14-12-15-9(2)10(17(19)20)11(16-12)13-7-4-5-8-18/h18H,3-8H2,1-2H3,(H2,13,14,15,16). The van der Waals surface area contributed by atoms with Gasteiger partial charge < -0.3 is 15.7 Å². The summed E-state index contributed by atoms with van der Waals surface area (Å²) in [6, 6.07) is 0. The summed E-state index contributed by atoms with van der Waals surface area (Å²) in [4.78, 5) is 18.8. The molecule has 0 aliphatic heterocycles. The Hall–Kier alpha value is -1.96. The SMILES string of the molecule is CCCNc1nc(C)c([N+](=O)[O-])c(NCCCCO)n1. The van der Waals surface area contributed by atoms with E-state index in [0.717, 1.165) is 6.42 Å². The van der Waals surface area contributed by atoms with Gasteiger partial charge >= 0.3 is 5.69 Å². The molecule has 0 radical (unpaired) electrons. The van der Waals surface area contributed by atoms with Crippen molar-refractivity contribution in [3.8, 4) is 0 Å². The number of aromatic nitrogens is 2. The number of aryl methyl sites for hydroxylation is 1. The average molecular weight is 283 g/mol. The predicted molar refractivity (Wildman–Crippen MR) is 77.0 cm³/mol. The second-order valence-electron chi connectivity index (χ2n) is 4.37. The van der Waals surface area contributed by atoms with Crippen LogP contribution in [0.2, 0.25) is 0 Å². The van der Waals surface area contributed by atoms with Crippen LogP contribution in [0.1, 0.15) is 31.9 Å². The van der Waals surface area contributed by atoms with Gasteiger partial charge in [-0.3, -0.25) is 10.1 Å². The molecule has 8 heteroatoms. The predicted octanol–water partition coefficient (Wildman–Crippen LogP) is 1.70. The lowest BCUT2D eigenvalue weighted by atomic mass is 10.3. The molecule has 0 fully saturated rings. The molecule has 0 spiro atoms. The van der Waals surface area contributed by atoms with Gasteiger partial charge in [0.15, 0.2) is 0 Å². The second-order valence-corrected chi connectivity index (χ2v) is 4.37. The Balaban J connectivity index is 2.90. The van der Waals surface area contributed by atoms with Crippen molar-refractivity contribution in [2.24, 2.45) is 0 Å². The molecule has 20 heavy (non-hydrogen) atoms. The lowest BCUT2D eigenvalue weighted by Crippen LogP contribution is -2.12. The Kier molecular flexibility index (Phi) is 6.65. The fourth-order valence-electron chi connectivity index (χ4n) is 1.67. The van der Waals surface area contributed by atoms with Gasteiger partial charge in [0.1, 0.15) is 5.69 Å². The molecule has 0 aliphatic carbocycles. The molecule has 1 heterocycles. The minimum Gasteiger partial charge on any atom is -0.396 e. The smallest absolute Gasteiger partial charge is 0.332 e. The molecule has 112 valence electrons. The molecule has 0 aromatic carbocycles. The van der Waals surface area contributed by atoms with Gasteiger partial charge in [-0.15, -0.1) is 0 Å². The third-order valence-corrected chi connectivity index (χ3v) is 2.65. The van der Waals surface area contributed by atoms with Gasteiger partial charge in [-0.05, 0) is 26.2 Å². The molecule has 0 amide bonds. The van der Waals surface area contributed by atoms with Crippen LogP contribution in [0.4, 0.5) is 17.5 Å². The minimum absolute atomic E-state index is 0.101. The number of rotatable bonds is 9. The lowest BCUT2D eigenvalue weighted by Gasteiger charge is -2.10. The third kappa shape index (κ3) is 4.61. The van der Waals surface area contributed by atoms with E-state index in [4.69, 9.17) is 5.11 Å². The van der Waals surface area contributed by atoms with Crippen LogP contribution < -0.4 is 10.6 Å². The van der Waals surface area contributed by atoms with E-state index in [9.17, 15) is 10.1 Å². The summed E-state index contributed by atoms with van der Waals surface area (Å²) in [5.41, 5.74) is 0.226. The first-order valence-corrected chi connectivity index (χ1v) is 6.71. The van der Waals surface area contributed by atoms with Gasteiger partial charge in [0.2, 0.25) is 11.8 Å². The van der Waals surface area contributed by atoms with Crippen molar-refractivity contribution in [3.05, 3.63) is 15.8 Å². The van der Waals surface area contributed by atoms with Crippen LogP contribution in [0.3, 0.4) is 0 Å². The van der Waals surface area contributed by atoms with Crippen LogP contribution in [0.5, 0.6) is 0 Å². The molecular formula is C12H21N5O3. The molecule has 1 aromatic heterocycles. The van der Waals surface area contributed by atoms with E-state index < -0.39 is 4.92 Å². The van der Waals surface area contributed by atoms with E-state index in [1.54, 1.807) is 6.92 Å². The fraction of sp³-hybridized carbons (Fsp3) is 0.667. The van der Waals surface area contributed by atoms with Crippen LogP contribution in [-0.4, -0.2) is 39.7 Å². The summed E-state index contributed by atoms with van der Waals surface area (Å²) in [5.74, 6) is 0.610. The highest BCUT2D eigenvalue weighted by atomic mass is 16.6. The summed E-state index contributed by atoms with van der Waals surface area (Å²) in [7, 11) is 0. The average Bonchev–Trinajstić information content (AvgIpc) is 2.40. The van der Waals surface area contributed by atoms with Gasteiger partial charge in [0.25, 0.3) is 0 Å². The Morgan fingerprint density at radius 2 is 2.00 bits per heavy atom. The zero-order valence-corrected chi connectivity index (χ0v) is 11.8. The van der Waals surface area contributed by atoms with Gasteiger partial charge in [0, 0.05) is 19.7 Å². The van der Waals surface area contributed by atoms with Crippen LogP contribution in [0.15, 0.2) is 0 Å². The van der Waals surface area contributed by atoms with Crippen LogP contribution in [0.25, 0.3) is 0 Å². The van der Waals surface area contributed by atoms with Crippen molar-refractivity contribution in [1.82, 2.24) is 9.97 Å². The second kappa shape index (κ2) is 8.26. The summed E-state index contributed by atoms with van der Waals surface area (Å²) in [5, 5.41) is 25.8. The molecule has 8 nitrogen and oxygen atoms in total. The van der Waals surface area contributed by atoms with Crippen molar-refractivity contribution in [2.45, 2.75) is 33.1 Å². The quantitative estimate of drug-likeness (QED) is 0.359. The molecule has 1 rings (SSSR count). The summed E-state index contributed by atoms with van der Waals surface area (Å²) in [6.45, 7) is 4.94. The number of unbranched alkanes of at least 4 members (excludes halogenated alkanes) is 1. The topological polar surface area (TPSA) is 113 Å². The van der Waals surface area contributed by atoms with E-state index >= 15 is 0 Å². The number of hydrogen-bond acceptors (Lipinski definition) is 7. The maximum Gasteiger partial charge on any atom is 0.332 e. The monoisotopic (exact) mass is 283 g/mol. The van der Waals surface area contributed by atoms with E-state index in [1.807, 2.05) is 6.92 Å². The summed E-state index contributed by atoms with van der Waals surface area (Å²) in [6.07, 6.45) is 2.28. The number of anilines is 2. The van der Waals surface area contributed by atoms with Gasteiger partial charge in [0.05, 0.1) is 4.92 Å². The zero-order chi connectivity index (χ0) is 15.0. The Labute approximate surface area is 117 Å². The van der Waals surface area contributed by atoms with Gasteiger partial charge in [-0.1, -0.05) is 6.92 Å². The molecule has 0 saturated carbocycles. The molecular weight excluding hydrogens is 262 g/mol. The zero-order valence-electron chi connectivity index (χ0n) is 11.8. The van der Waals surface area contributed by atoms with E-state index in [-0.39, 0.29) is 18.1 Å². The Morgan fingerprint density at radius 1 is 1.25 bits per heavy atom. The summed E-state index contributed by atoms with van der Waals surface area (Å²) >= 11 is 0. The molecule has 0 atom stereocenters. The van der Waals surface area contributed by atoms with Gasteiger partial charge in [-0.25, -0.2) is 4.98 Å². The van der Waals surface area contributed by atoms with Crippen molar-refractivity contribution in [3.63, 3.8) is 0 Å². The van der Waals surface area contributed by atoms with Crippen LogP contribution >= 0.6 is 0 Å². The van der Waals surface area contributed by atoms with Crippen molar-refractivity contribution in [1.29, 1.82) is 0 Å². The molecule has 0 unspecified atom stereocenters. The highest BCUT2D eigenvalue weighted by Crippen LogP contribution is 2.26. The fourth-order valence-corrected chi connectivity index (χ4v) is 1.67. The van der Waals surface area contributed by atoms with E-state index in [1.165, 1.54) is 0 Å². The number of hydrogen-bond donors (Lipinski definition) is 3. The third-order valence-electron chi connectivity index (χ3n) is 2.65. The summed E-state index contributed by atoms with van der Waals surface area (Å²) < 4.78 is 0. The first-order valence-electron chi connectivity index (χ1n) is 6.71. The molecule has 1 aromatic rings. The number of aliphatic hydroxyl groups is 1. The highest BCUT2D eigenvalue weighted by Gasteiger charge is 2.21. The van der Waals surface area contributed by atoms with Crippen LogP contribution in [0, 0.1) is 17.0 Å². The number of nitro groups is 1. The van der Waals surface area contributed by atoms with Crippen molar-refractivity contribution in [2.75, 3.05) is 30.3 Å². The first-order chi connectivity index (χ1) is 9.60. The van der Waals surface area contributed by atoms with Crippen LogP contribution in [-0.2, 0) is 0 Å². The normalized spacial score (nSPS) is 10.3. The highest BCUT2D eigenvalue weighted by molar-refractivity contribution is 5.60. The molecule has 3 N–H and O–H groups in total. The van der Waals surface area contributed by atoms with Crippen molar-refractivity contribution >= 4 is 17.5 Å². The van der Waals surface area contributed by atoms with E-state index in [2.05, 4.69) is 20.6 Å². The number of nitrogens with one attached hydrogen (secondary N) is 2. The molecule has 0 saturated heterocycles. The maximum atomic E-state index is 11.1. The van der Waals surface area contributed by atoms with E-state index in [0.29, 0.717) is 37.6 Å². The molecule has 0 aliphatic rings. The maximum absolute atomic E-state index is 11.1. The lowest BCUT2D eigenvalue weighted by molar-refractivity contribution is -0.385. The minimum atomic E-state index is -0.479. The number of aliphatic hydroxyl groups excluding tert-OH is 1. The van der Waals surface area contributed by atoms with Crippen molar-refractivity contribution < 1.29 is 10.0 Å².